The molecule has 0 saturated heterocycles. The first-order valence-electron chi connectivity index (χ1n) is 8.38. The predicted octanol–water partition coefficient (Wildman–Crippen LogP) is 1.74. The largest absolute Gasteiger partial charge is 0.496 e. The lowest BCUT2D eigenvalue weighted by Crippen LogP contribution is -2.46. The van der Waals surface area contributed by atoms with Crippen LogP contribution in [0.25, 0.3) is 0 Å². The van der Waals surface area contributed by atoms with Gasteiger partial charge in [0.2, 0.25) is 0 Å². The van der Waals surface area contributed by atoms with Gasteiger partial charge in [0.15, 0.2) is 5.96 Å². The van der Waals surface area contributed by atoms with E-state index in [0.29, 0.717) is 6.04 Å². The van der Waals surface area contributed by atoms with Gasteiger partial charge in [0.05, 0.1) is 7.11 Å². The molecule has 0 radical (unpaired) electrons. The van der Waals surface area contributed by atoms with E-state index in [1.807, 2.05) is 25.2 Å². The maximum atomic E-state index is 5.39. The molecular formula is C18H30N4O. The molecule has 0 spiro atoms. The average Bonchev–Trinajstić information content (AvgIpc) is 3.38. The summed E-state index contributed by atoms with van der Waals surface area (Å²) in [6.45, 7) is 1.77. The third kappa shape index (κ3) is 5.43. The van der Waals surface area contributed by atoms with Gasteiger partial charge in [-0.25, -0.2) is 0 Å². The molecule has 1 unspecified atom stereocenters. The quantitative estimate of drug-likeness (QED) is 0.566. The standard InChI is InChI=1S/C18H30N4O/c1-19-18(21-13-16(22(2)3)14-9-10-14)20-12-11-15-7-5-6-8-17(15)23-4/h5-8,14,16H,9-13H2,1-4H3,(H2,19,20,21). The number of nitrogens with zero attached hydrogens (tertiary/aromatic N) is 2. The number of ether oxygens (including phenoxy) is 1. The molecule has 0 bridgehead atoms. The van der Waals surface area contributed by atoms with Gasteiger partial charge in [-0.2, -0.15) is 0 Å². The van der Waals surface area contributed by atoms with Crippen molar-refractivity contribution in [3.8, 4) is 5.75 Å². The SMILES string of the molecule is CN=C(NCCc1ccccc1OC)NCC(C1CC1)N(C)C. The van der Waals surface area contributed by atoms with Crippen LogP contribution in [0.3, 0.4) is 0 Å². The van der Waals surface area contributed by atoms with E-state index in [9.17, 15) is 0 Å². The molecule has 23 heavy (non-hydrogen) atoms. The van der Waals surface area contributed by atoms with Crippen molar-refractivity contribution in [3.63, 3.8) is 0 Å². The number of nitrogens with one attached hydrogen (secondary N) is 2. The fourth-order valence-corrected chi connectivity index (χ4v) is 2.90. The van der Waals surface area contributed by atoms with Gasteiger partial charge in [0.1, 0.15) is 5.75 Å². The monoisotopic (exact) mass is 318 g/mol. The van der Waals surface area contributed by atoms with E-state index < -0.39 is 0 Å². The average molecular weight is 318 g/mol. The number of guanidine groups is 1. The Labute approximate surface area is 140 Å². The summed E-state index contributed by atoms with van der Waals surface area (Å²) < 4.78 is 5.39. The second kappa shape index (κ2) is 8.77. The Morgan fingerprint density at radius 1 is 1.30 bits per heavy atom. The fourth-order valence-electron chi connectivity index (χ4n) is 2.90. The molecular weight excluding hydrogens is 288 g/mol. The van der Waals surface area contributed by atoms with Crippen molar-refractivity contribution < 1.29 is 4.74 Å². The van der Waals surface area contributed by atoms with Crippen molar-refractivity contribution in [2.75, 3.05) is 41.3 Å². The first-order valence-corrected chi connectivity index (χ1v) is 8.38. The maximum Gasteiger partial charge on any atom is 0.191 e. The summed E-state index contributed by atoms with van der Waals surface area (Å²) in [6.07, 6.45) is 3.61. The molecule has 1 aliphatic carbocycles. The van der Waals surface area contributed by atoms with Crippen LogP contribution in [0.2, 0.25) is 0 Å². The van der Waals surface area contributed by atoms with Crippen molar-refractivity contribution in [1.82, 2.24) is 15.5 Å². The van der Waals surface area contributed by atoms with Gasteiger partial charge in [-0.3, -0.25) is 4.99 Å². The molecule has 5 heteroatoms. The Kier molecular flexibility index (Phi) is 6.71. The number of likely N-dealkylation sites (N-methyl/N-ethyl adjacent to an activating group) is 1. The molecule has 2 rings (SSSR count). The molecule has 5 nitrogen and oxygen atoms in total. The number of aliphatic imine (C=N–C) groups is 1. The number of benzene rings is 1. The summed E-state index contributed by atoms with van der Waals surface area (Å²) in [7, 11) is 7.84. The highest BCUT2D eigenvalue weighted by Crippen LogP contribution is 2.34. The van der Waals surface area contributed by atoms with Gasteiger partial charge in [-0.05, 0) is 50.9 Å². The molecule has 0 heterocycles. The Bertz CT molecular complexity index is 509. The van der Waals surface area contributed by atoms with Crippen molar-refractivity contribution in [2.45, 2.75) is 25.3 Å². The smallest absolute Gasteiger partial charge is 0.191 e. The van der Waals surface area contributed by atoms with Crippen LogP contribution >= 0.6 is 0 Å². The number of para-hydroxylation sites is 1. The summed E-state index contributed by atoms with van der Waals surface area (Å²) in [5, 5.41) is 6.84. The van der Waals surface area contributed by atoms with Crippen LogP contribution in [0.5, 0.6) is 5.75 Å². The van der Waals surface area contributed by atoms with Gasteiger partial charge >= 0.3 is 0 Å². The lowest BCUT2D eigenvalue weighted by atomic mass is 10.1. The third-order valence-electron chi connectivity index (χ3n) is 4.41. The van der Waals surface area contributed by atoms with E-state index in [1.165, 1.54) is 18.4 Å². The molecule has 1 saturated carbocycles. The van der Waals surface area contributed by atoms with Gasteiger partial charge in [0.25, 0.3) is 0 Å². The van der Waals surface area contributed by atoms with Gasteiger partial charge in [-0.1, -0.05) is 18.2 Å². The van der Waals surface area contributed by atoms with E-state index in [0.717, 1.165) is 37.1 Å². The third-order valence-corrected chi connectivity index (χ3v) is 4.41. The molecule has 1 aromatic carbocycles. The van der Waals surface area contributed by atoms with Crippen LogP contribution in [0, 0.1) is 5.92 Å². The summed E-state index contributed by atoms with van der Waals surface area (Å²) in [4.78, 5) is 6.63. The Hall–Kier alpha value is -1.75. The molecule has 2 N–H and O–H groups in total. The van der Waals surface area contributed by atoms with Crippen LogP contribution in [0.4, 0.5) is 0 Å². The highest BCUT2D eigenvalue weighted by molar-refractivity contribution is 5.79. The number of rotatable bonds is 8. The predicted molar refractivity (Wildman–Crippen MR) is 96.3 cm³/mol. The Morgan fingerprint density at radius 3 is 2.65 bits per heavy atom. The number of hydrogen-bond acceptors (Lipinski definition) is 3. The van der Waals surface area contributed by atoms with Crippen LogP contribution in [-0.2, 0) is 6.42 Å². The molecule has 0 aliphatic heterocycles. The van der Waals surface area contributed by atoms with Crippen molar-refractivity contribution in [3.05, 3.63) is 29.8 Å². The van der Waals surface area contributed by atoms with E-state index in [1.54, 1.807) is 7.11 Å². The minimum absolute atomic E-state index is 0.586. The fraction of sp³-hybridized carbons (Fsp3) is 0.611. The summed E-state index contributed by atoms with van der Waals surface area (Å²) in [5.41, 5.74) is 1.21. The van der Waals surface area contributed by atoms with E-state index >= 15 is 0 Å². The second-order valence-electron chi connectivity index (χ2n) is 6.31. The second-order valence-corrected chi connectivity index (χ2v) is 6.31. The van der Waals surface area contributed by atoms with Crippen LogP contribution < -0.4 is 15.4 Å². The summed E-state index contributed by atoms with van der Waals surface area (Å²) in [5.74, 6) is 2.65. The van der Waals surface area contributed by atoms with E-state index in [2.05, 4.69) is 40.7 Å². The minimum Gasteiger partial charge on any atom is -0.496 e. The zero-order valence-electron chi connectivity index (χ0n) is 14.8. The zero-order chi connectivity index (χ0) is 16.7. The zero-order valence-corrected chi connectivity index (χ0v) is 14.8. The minimum atomic E-state index is 0.586. The molecule has 0 amide bonds. The normalized spacial score (nSPS) is 16.3. The molecule has 1 fully saturated rings. The highest BCUT2D eigenvalue weighted by Gasteiger charge is 2.32. The number of methoxy groups -OCH3 is 1. The highest BCUT2D eigenvalue weighted by atomic mass is 16.5. The number of hydrogen-bond donors (Lipinski definition) is 2. The Balaban J connectivity index is 1.76. The summed E-state index contributed by atoms with van der Waals surface area (Å²) in [6, 6.07) is 8.73. The van der Waals surface area contributed by atoms with Gasteiger partial charge < -0.3 is 20.3 Å². The van der Waals surface area contributed by atoms with E-state index in [4.69, 9.17) is 4.74 Å². The lowest BCUT2D eigenvalue weighted by molar-refractivity contribution is 0.264. The van der Waals surface area contributed by atoms with Crippen LogP contribution in [0.15, 0.2) is 29.3 Å². The van der Waals surface area contributed by atoms with Crippen molar-refractivity contribution in [1.29, 1.82) is 0 Å². The topological polar surface area (TPSA) is 48.9 Å². The van der Waals surface area contributed by atoms with Gasteiger partial charge in [0, 0.05) is 26.2 Å². The van der Waals surface area contributed by atoms with E-state index in [-0.39, 0.29) is 0 Å². The molecule has 1 atom stereocenters. The Morgan fingerprint density at radius 2 is 2.04 bits per heavy atom. The van der Waals surface area contributed by atoms with Crippen LogP contribution in [-0.4, -0.2) is 58.2 Å². The molecule has 0 aromatic heterocycles. The van der Waals surface area contributed by atoms with Crippen molar-refractivity contribution >= 4 is 5.96 Å². The molecule has 1 aromatic rings. The first kappa shape index (κ1) is 17.6. The van der Waals surface area contributed by atoms with Crippen molar-refractivity contribution in [2.24, 2.45) is 10.9 Å². The first-order chi connectivity index (χ1) is 11.2. The summed E-state index contributed by atoms with van der Waals surface area (Å²) >= 11 is 0. The van der Waals surface area contributed by atoms with Crippen LogP contribution in [0.1, 0.15) is 18.4 Å². The lowest BCUT2D eigenvalue weighted by Gasteiger charge is -2.25. The van der Waals surface area contributed by atoms with Gasteiger partial charge in [-0.15, -0.1) is 0 Å². The maximum absolute atomic E-state index is 5.39. The molecule has 128 valence electrons. The molecule has 1 aliphatic rings.